The van der Waals surface area contributed by atoms with Gasteiger partial charge in [-0.1, -0.05) is 26.0 Å². The van der Waals surface area contributed by atoms with Crippen LogP contribution in [-0.4, -0.2) is 33.8 Å². The quantitative estimate of drug-likeness (QED) is 0.456. The standard InChI is InChI=1S/C26H32N4O2/c1-26(2)12-9-19-5-8-21(26)17-30(16-19)23-10-13-27-24-22(23)11-14-29(24)15-18-3-6-20(7-4-18)25(31)28-32/h3-4,6-7,10-11,13-14,19,21,32H,5,8-9,12,15-17H2,1-2H3,(H,28,31). The van der Waals surface area contributed by atoms with E-state index in [0.717, 1.165) is 36.1 Å². The zero-order chi connectivity index (χ0) is 22.3. The molecule has 2 bridgehead atoms. The van der Waals surface area contributed by atoms with Gasteiger partial charge in [-0.2, -0.15) is 0 Å². The highest BCUT2D eigenvalue weighted by molar-refractivity contribution is 5.93. The topological polar surface area (TPSA) is 70.4 Å². The molecule has 1 aliphatic heterocycles. The minimum Gasteiger partial charge on any atom is -0.370 e. The summed E-state index contributed by atoms with van der Waals surface area (Å²) in [7, 11) is 0. The monoisotopic (exact) mass is 432 g/mol. The van der Waals surface area contributed by atoms with E-state index in [1.165, 1.54) is 36.8 Å². The van der Waals surface area contributed by atoms with E-state index >= 15 is 0 Å². The van der Waals surface area contributed by atoms with E-state index in [0.29, 0.717) is 17.5 Å². The molecule has 2 aromatic heterocycles. The molecule has 6 heteroatoms. The third-order valence-corrected chi connectivity index (χ3v) is 7.80. The van der Waals surface area contributed by atoms with Crippen molar-refractivity contribution in [3.8, 4) is 0 Å². The van der Waals surface area contributed by atoms with Crippen LogP contribution in [0, 0.1) is 17.3 Å². The summed E-state index contributed by atoms with van der Waals surface area (Å²) >= 11 is 0. The van der Waals surface area contributed by atoms with Crippen LogP contribution in [0.4, 0.5) is 5.69 Å². The Morgan fingerprint density at radius 3 is 2.72 bits per heavy atom. The van der Waals surface area contributed by atoms with Crippen molar-refractivity contribution < 1.29 is 10.0 Å². The largest absolute Gasteiger partial charge is 0.370 e. The highest BCUT2D eigenvalue weighted by Crippen LogP contribution is 2.45. The molecule has 1 saturated heterocycles. The average Bonchev–Trinajstić information content (AvgIpc) is 2.99. The number of hydroxylamine groups is 1. The Labute approximate surface area is 189 Å². The van der Waals surface area contributed by atoms with Gasteiger partial charge in [0.2, 0.25) is 0 Å². The van der Waals surface area contributed by atoms with E-state index < -0.39 is 5.91 Å². The number of hydrogen-bond donors (Lipinski definition) is 2. The number of pyridine rings is 1. The van der Waals surface area contributed by atoms with E-state index in [-0.39, 0.29) is 0 Å². The fourth-order valence-electron chi connectivity index (χ4n) is 5.62. The van der Waals surface area contributed by atoms with Gasteiger partial charge in [-0.3, -0.25) is 10.0 Å². The van der Waals surface area contributed by atoms with Crippen LogP contribution in [-0.2, 0) is 6.54 Å². The van der Waals surface area contributed by atoms with Gasteiger partial charge in [0.25, 0.3) is 5.91 Å². The molecule has 6 nitrogen and oxygen atoms in total. The maximum Gasteiger partial charge on any atom is 0.274 e. The minimum absolute atomic E-state index is 0.407. The smallest absolute Gasteiger partial charge is 0.274 e. The van der Waals surface area contributed by atoms with Crippen LogP contribution in [0.5, 0.6) is 0 Å². The van der Waals surface area contributed by atoms with Gasteiger partial charge in [0.1, 0.15) is 5.65 Å². The second-order valence-electron chi connectivity index (χ2n) is 10.2. The molecule has 0 radical (unpaired) electrons. The fraction of sp³-hybridized carbons (Fsp3) is 0.462. The molecule has 1 amide bonds. The van der Waals surface area contributed by atoms with Crippen molar-refractivity contribution >= 4 is 22.6 Å². The Morgan fingerprint density at radius 2 is 1.94 bits per heavy atom. The normalized spacial score (nSPS) is 22.5. The molecule has 2 N–H and O–H groups in total. The predicted molar refractivity (Wildman–Crippen MR) is 126 cm³/mol. The van der Waals surface area contributed by atoms with Crippen LogP contribution in [0.25, 0.3) is 11.0 Å². The number of nitrogens with zero attached hydrogens (tertiary/aromatic N) is 3. The van der Waals surface area contributed by atoms with E-state index in [1.807, 2.05) is 18.3 Å². The first-order valence-corrected chi connectivity index (χ1v) is 11.7. The number of hydrogen-bond acceptors (Lipinski definition) is 4. The number of aromatic nitrogens is 2. The Bertz CT molecular complexity index is 1120. The highest BCUT2D eigenvalue weighted by atomic mass is 16.5. The fourth-order valence-corrected chi connectivity index (χ4v) is 5.62. The van der Waals surface area contributed by atoms with Gasteiger partial charge in [-0.15, -0.1) is 0 Å². The summed E-state index contributed by atoms with van der Waals surface area (Å²) in [5.41, 5.74) is 5.89. The second kappa shape index (κ2) is 8.24. The Hall–Kier alpha value is -2.86. The molecule has 2 aliphatic rings. The number of amides is 1. The van der Waals surface area contributed by atoms with E-state index in [2.05, 4.69) is 41.6 Å². The molecule has 1 saturated carbocycles. The molecule has 1 aliphatic carbocycles. The maximum absolute atomic E-state index is 11.6. The van der Waals surface area contributed by atoms with E-state index in [1.54, 1.807) is 17.6 Å². The zero-order valence-electron chi connectivity index (χ0n) is 18.9. The number of carbonyl (C=O) groups excluding carboxylic acids is 1. The van der Waals surface area contributed by atoms with Crippen molar-refractivity contribution in [1.82, 2.24) is 15.0 Å². The summed E-state index contributed by atoms with van der Waals surface area (Å²) in [6.07, 6.45) is 9.42. The van der Waals surface area contributed by atoms with Crippen LogP contribution < -0.4 is 10.4 Å². The Kier molecular flexibility index (Phi) is 5.41. The lowest BCUT2D eigenvalue weighted by Gasteiger charge is -2.39. The van der Waals surface area contributed by atoms with Gasteiger partial charge in [0.15, 0.2) is 0 Å². The van der Waals surface area contributed by atoms with Gasteiger partial charge >= 0.3 is 0 Å². The number of fused-ring (bicyclic) bond motifs is 4. The Morgan fingerprint density at radius 1 is 1.12 bits per heavy atom. The summed E-state index contributed by atoms with van der Waals surface area (Å²) in [4.78, 5) is 18.9. The lowest BCUT2D eigenvalue weighted by molar-refractivity contribution is 0.0706. The van der Waals surface area contributed by atoms with Crippen LogP contribution in [0.1, 0.15) is 55.5 Å². The average molecular weight is 433 g/mol. The molecule has 3 aromatic rings. The first-order chi connectivity index (χ1) is 15.4. The van der Waals surface area contributed by atoms with Gasteiger partial charge in [0, 0.05) is 48.7 Å². The zero-order valence-corrected chi connectivity index (χ0v) is 18.9. The molecule has 168 valence electrons. The molecule has 3 heterocycles. The molecular weight excluding hydrogens is 400 g/mol. The summed E-state index contributed by atoms with van der Waals surface area (Å²) in [6.45, 7) is 7.86. The van der Waals surface area contributed by atoms with Gasteiger partial charge < -0.3 is 9.47 Å². The Balaban J connectivity index is 1.43. The van der Waals surface area contributed by atoms with Gasteiger partial charge in [0.05, 0.1) is 0 Å². The molecular formula is C26H32N4O2. The number of benzene rings is 1. The summed E-state index contributed by atoms with van der Waals surface area (Å²) in [5, 5.41) is 10.0. The molecule has 2 atom stereocenters. The third kappa shape index (κ3) is 3.88. The van der Waals surface area contributed by atoms with Crippen LogP contribution in [0.15, 0.2) is 48.8 Å². The van der Waals surface area contributed by atoms with Gasteiger partial charge in [-0.25, -0.2) is 10.5 Å². The van der Waals surface area contributed by atoms with Crippen molar-refractivity contribution in [2.24, 2.45) is 17.3 Å². The summed E-state index contributed by atoms with van der Waals surface area (Å²) in [6, 6.07) is 11.7. The molecule has 32 heavy (non-hydrogen) atoms. The number of anilines is 1. The predicted octanol–water partition coefficient (Wildman–Crippen LogP) is 4.86. The number of rotatable bonds is 4. The minimum atomic E-state index is -0.500. The number of nitrogens with one attached hydrogen (secondary N) is 1. The third-order valence-electron chi connectivity index (χ3n) is 7.80. The van der Waals surface area contributed by atoms with E-state index in [4.69, 9.17) is 10.2 Å². The lowest BCUT2D eigenvalue weighted by Crippen LogP contribution is -2.38. The molecule has 2 unspecified atom stereocenters. The molecule has 1 aromatic carbocycles. The maximum atomic E-state index is 11.6. The van der Waals surface area contributed by atoms with Crippen molar-refractivity contribution in [3.05, 3.63) is 59.9 Å². The summed E-state index contributed by atoms with van der Waals surface area (Å²) < 4.78 is 2.17. The van der Waals surface area contributed by atoms with Crippen molar-refractivity contribution in [2.45, 2.75) is 46.1 Å². The van der Waals surface area contributed by atoms with Gasteiger partial charge in [-0.05, 0) is 72.8 Å². The molecule has 0 spiro atoms. The van der Waals surface area contributed by atoms with Crippen molar-refractivity contribution in [1.29, 1.82) is 0 Å². The first kappa shape index (κ1) is 21.0. The van der Waals surface area contributed by atoms with Crippen LogP contribution in [0.2, 0.25) is 0 Å². The van der Waals surface area contributed by atoms with Crippen LogP contribution >= 0.6 is 0 Å². The van der Waals surface area contributed by atoms with Crippen LogP contribution in [0.3, 0.4) is 0 Å². The SMILES string of the molecule is CC1(C)CCC2CCC1CN(c1ccnc3c1ccn3Cc1ccc(C(=O)NO)cc1)C2. The van der Waals surface area contributed by atoms with E-state index in [9.17, 15) is 4.79 Å². The van der Waals surface area contributed by atoms with Crippen molar-refractivity contribution in [2.75, 3.05) is 18.0 Å². The highest BCUT2D eigenvalue weighted by Gasteiger charge is 2.38. The van der Waals surface area contributed by atoms with Crippen molar-refractivity contribution in [3.63, 3.8) is 0 Å². The molecule has 2 fully saturated rings. The first-order valence-electron chi connectivity index (χ1n) is 11.7. The number of carbonyl (C=O) groups is 1. The second-order valence-corrected chi connectivity index (χ2v) is 10.2. The summed E-state index contributed by atoms with van der Waals surface area (Å²) in [5.74, 6) is 1.01. The molecule has 5 rings (SSSR count). The lowest BCUT2D eigenvalue weighted by atomic mass is 9.74.